The van der Waals surface area contributed by atoms with Gasteiger partial charge in [0.15, 0.2) is 0 Å². The fourth-order valence-corrected chi connectivity index (χ4v) is 4.16. The van der Waals surface area contributed by atoms with Crippen LogP contribution in [-0.4, -0.2) is 82.0 Å². The van der Waals surface area contributed by atoms with Crippen molar-refractivity contribution in [3.63, 3.8) is 0 Å². The maximum Gasteiger partial charge on any atom is 0.254 e. The summed E-state index contributed by atoms with van der Waals surface area (Å²) in [6.07, 6.45) is 6.74. The lowest BCUT2D eigenvalue weighted by Gasteiger charge is -2.35. The Morgan fingerprint density at radius 3 is 2.32 bits per heavy atom. The number of carbonyl (C=O) groups is 2. The van der Waals surface area contributed by atoms with Crippen LogP contribution in [-0.2, 0) is 16.1 Å². The van der Waals surface area contributed by atoms with E-state index in [1.165, 1.54) is 0 Å². The van der Waals surface area contributed by atoms with Crippen LogP contribution < -0.4 is 0 Å². The summed E-state index contributed by atoms with van der Waals surface area (Å²) in [5, 5.41) is 14.5. The summed E-state index contributed by atoms with van der Waals surface area (Å²) in [5.41, 5.74) is 3.42. The molecule has 0 atom stereocenters. The molecular formula is C26H32N4O4. The Morgan fingerprint density at radius 2 is 1.74 bits per heavy atom. The molecule has 1 saturated carbocycles. The minimum atomic E-state index is -1.15. The fraction of sp³-hybridized carbons (Fsp3) is 0.423. The van der Waals surface area contributed by atoms with Crippen molar-refractivity contribution in [1.29, 1.82) is 0 Å². The van der Waals surface area contributed by atoms with Crippen molar-refractivity contribution in [2.45, 2.75) is 31.9 Å². The van der Waals surface area contributed by atoms with Gasteiger partial charge in [0, 0.05) is 50.1 Å². The molecule has 2 aliphatic rings. The van der Waals surface area contributed by atoms with Crippen LogP contribution in [0.25, 0.3) is 11.6 Å². The van der Waals surface area contributed by atoms with Crippen LogP contribution in [0, 0.1) is 6.92 Å². The predicted octanol–water partition coefficient (Wildman–Crippen LogP) is 2.37. The first-order chi connectivity index (χ1) is 16.4. The minimum absolute atomic E-state index is 0.0526. The lowest BCUT2D eigenvalue weighted by molar-refractivity contribution is -0.143. The first kappa shape index (κ1) is 23.9. The molecule has 1 N–H and O–H groups in total. The van der Waals surface area contributed by atoms with E-state index in [4.69, 9.17) is 4.74 Å². The molecule has 1 aliphatic carbocycles. The number of carbonyl (C=O) groups excluding carboxylic acids is 2. The Hall–Kier alpha value is -3.23. The Labute approximate surface area is 200 Å². The van der Waals surface area contributed by atoms with E-state index in [0.29, 0.717) is 57.7 Å². The van der Waals surface area contributed by atoms with Gasteiger partial charge in [-0.05, 0) is 49.1 Å². The molecule has 8 nitrogen and oxygen atoms in total. The average Bonchev–Trinajstić information content (AvgIpc) is 3.53. The van der Waals surface area contributed by atoms with E-state index < -0.39 is 5.60 Å². The van der Waals surface area contributed by atoms with E-state index in [1.807, 2.05) is 48.1 Å². The number of aliphatic hydroxyl groups is 1. The number of aromatic nitrogens is 2. The summed E-state index contributed by atoms with van der Waals surface area (Å²) in [6.45, 7) is 9.10. The quantitative estimate of drug-likeness (QED) is 0.606. The van der Waals surface area contributed by atoms with Crippen LogP contribution in [0.1, 0.15) is 40.0 Å². The normalized spacial score (nSPS) is 17.6. The molecule has 1 aromatic carbocycles. The van der Waals surface area contributed by atoms with E-state index in [1.54, 1.807) is 23.0 Å². The van der Waals surface area contributed by atoms with E-state index in [-0.39, 0.29) is 11.8 Å². The second kappa shape index (κ2) is 9.95. The highest BCUT2D eigenvalue weighted by Crippen LogP contribution is 2.37. The zero-order valence-corrected chi connectivity index (χ0v) is 19.9. The molecule has 2 fully saturated rings. The van der Waals surface area contributed by atoms with Gasteiger partial charge in [0.05, 0.1) is 19.3 Å². The minimum Gasteiger partial charge on any atom is -0.383 e. The standard InChI is InChI=1S/C26H32N4O4/c1-4-20(17-23-18-27-30(19(23)2)15-16-34-3)21-5-7-22(8-6-21)24(31)28-11-13-29(14-12-28)25(32)26(33)9-10-26/h4-8,17-18,33H,1,9-16H2,2-3H3/b20-17+. The molecule has 34 heavy (non-hydrogen) atoms. The molecular weight excluding hydrogens is 432 g/mol. The summed E-state index contributed by atoms with van der Waals surface area (Å²) >= 11 is 0. The van der Waals surface area contributed by atoms with Gasteiger partial charge in [-0.15, -0.1) is 0 Å². The van der Waals surface area contributed by atoms with Crippen molar-refractivity contribution < 1.29 is 19.4 Å². The Morgan fingerprint density at radius 1 is 1.12 bits per heavy atom. The lowest BCUT2D eigenvalue weighted by Crippen LogP contribution is -2.53. The van der Waals surface area contributed by atoms with Gasteiger partial charge >= 0.3 is 0 Å². The number of allylic oxidation sites excluding steroid dienone is 2. The zero-order chi connectivity index (χ0) is 24.3. The van der Waals surface area contributed by atoms with Crippen molar-refractivity contribution in [3.05, 3.63) is 65.5 Å². The molecule has 0 unspecified atom stereocenters. The van der Waals surface area contributed by atoms with E-state index in [2.05, 4.69) is 11.7 Å². The predicted molar refractivity (Wildman–Crippen MR) is 130 cm³/mol. The van der Waals surface area contributed by atoms with Crippen LogP contribution in [0.3, 0.4) is 0 Å². The summed E-state index contributed by atoms with van der Waals surface area (Å²) in [4.78, 5) is 28.7. The molecule has 2 aromatic rings. The van der Waals surface area contributed by atoms with Crippen molar-refractivity contribution in [2.75, 3.05) is 39.9 Å². The molecule has 1 aromatic heterocycles. The number of benzene rings is 1. The molecule has 180 valence electrons. The van der Waals surface area contributed by atoms with Crippen LogP contribution in [0.5, 0.6) is 0 Å². The van der Waals surface area contributed by atoms with Gasteiger partial charge in [-0.3, -0.25) is 14.3 Å². The second-order valence-corrected chi connectivity index (χ2v) is 8.90. The Balaban J connectivity index is 1.40. The molecule has 1 aliphatic heterocycles. The lowest BCUT2D eigenvalue weighted by atomic mass is 10.0. The number of hydrogen-bond acceptors (Lipinski definition) is 5. The molecule has 8 heteroatoms. The maximum absolute atomic E-state index is 13.0. The number of nitrogens with zero attached hydrogens (tertiary/aromatic N) is 4. The maximum atomic E-state index is 13.0. The van der Waals surface area contributed by atoms with Crippen LogP contribution >= 0.6 is 0 Å². The molecule has 0 spiro atoms. The van der Waals surface area contributed by atoms with Crippen LogP contribution in [0.15, 0.2) is 43.1 Å². The number of rotatable bonds is 8. The van der Waals surface area contributed by atoms with Gasteiger partial charge in [0.1, 0.15) is 5.60 Å². The summed E-state index contributed by atoms with van der Waals surface area (Å²) in [6, 6.07) is 7.50. The third-order valence-electron chi connectivity index (χ3n) is 6.62. The monoisotopic (exact) mass is 464 g/mol. The van der Waals surface area contributed by atoms with E-state index >= 15 is 0 Å². The summed E-state index contributed by atoms with van der Waals surface area (Å²) < 4.78 is 7.05. The van der Waals surface area contributed by atoms with Gasteiger partial charge in [-0.1, -0.05) is 24.8 Å². The highest BCUT2D eigenvalue weighted by atomic mass is 16.5. The molecule has 0 bridgehead atoms. The van der Waals surface area contributed by atoms with Crippen molar-refractivity contribution >= 4 is 23.5 Å². The third kappa shape index (κ3) is 4.98. The molecule has 4 rings (SSSR count). The van der Waals surface area contributed by atoms with Crippen LogP contribution in [0.2, 0.25) is 0 Å². The molecule has 0 radical (unpaired) electrons. The Bertz CT molecular complexity index is 1090. The topological polar surface area (TPSA) is 87.9 Å². The molecule has 1 saturated heterocycles. The number of amides is 2. The third-order valence-corrected chi connectivity index (χ3v) is 6.62. The van der Waals surface area contributed by atoms with Gasteiger partial charge in [-0.25, -0.2) is 0 Å². The summed E-state index contributed by atoms with van der Waals surface area (Å²) in [7, 11) is 1.67. The average molecular weight is 465 g/mol. The van der Waals surface area contributed by atoms with Crippen molar-refractivity contribution in [1.82, 2.24) is 19.6 Å². The first-order valence-corrected chi connectivity index (χ1v) is 11.6. The number of methoxy groups -OCH3 is 1. The highest BCUT2D eigenvalue weighted by Gasteiger charge is 2.50. The number of ether oxygens (including phenoxy) is 1. The van der Waals surface area contributed by atoms with Crippen molar-refractivity contribution in [2.24, 2.45) is 0 Å². The van der Waals surface area contributed by atoms with Gasteiger partial charge < -0.3 is 19.6 Å². The SMILES string of the molecule is C=C/C(=C\c1cnn(CCOC)c1C)c1ccc(C(=O)N2CCN(C(=O)C3(O)CC3)CC2)cc1. The van der Waals surface area contributed by atoms with E-state index in [0.717, 1.165) is 22.4 Å². The number of hydrogen-bond donors (Lipinski definition) is 1. The highest BCUT2D eigenvalue weighted by molar-refractivity contribution is 5.96. The number of piperazine rings is 1. The smallest absolute Gasteiger partial charge is 0.254 e. The van der Waals surface area contributed by atoms with E-state index in [9.17, 15) is 14.7 Å². The van der Waals surface area contributed by atoms with Gasteiger partial charge in [0.2, 0.25) is 0 Å². The first-order valence-electron chi connectivity index (χ1n) is 11.6. The fourth-order valence-electron chi connectivity index (χ4n) is 4.16. The molecule has 2 heterocycles. The van der Waals surface area contributed by atoms with Gasteiger partial charge in [-0.2, -0.15) is 5.10 Å². The van der Waals surface area contributed by atoms with Crippen LogP contribution in [0.4, 0.5) is 0 Å². The largest absolute Gasteiger partial charge is 0.383 e. The second-order valence-electron chi connectivity index (χ2n) is 8.90. The van der Waals surface area contributed by atoms with Crippen molar-refractivity contribution in [3.8, 4) is 0 Å². The van der Waals surface area contributed by atoms with Gasteiger partial charge in [0.25, 0.3) is 11.8 Å². The Kier molecular flexibility index (Phi) is 7.00. The zero-order valence-electron chi connectivity index (χ0n) is 19.9. The molecule has 2 amide bonds. The summed E-state index contributed by atoms with van der Waals surface area (Å²) in [5.74, 6) is -0.254.